The van der Waals surface area contributed by atoms with E-state index in [9.17, 15) is 28.0 Å². The highest BCUT2D eigenvalue weighted by atomic mass is 32.2. The molecule has 1 heterocycles. The third-order valence-electron chi connectivity index (χ3n) is 6.68. The maximum absolute atomic E-state index is 13.1. The second-order valence-electron chi connectivity index (χ2n) is 9.49. The molecule has 1 aliphatic heterocycles. The summed E-state index contributed by atoms with van der Waals surface area (Å²) in [5.41, 5.74) is 1.52. The van der Waals surface area contributed by atoms with E-state index in [1.165, 1.54) is 35.2 Å². The van der Waals surface area contributed by atoms with Gasteiger partial charge in [-0.15, -0.1) is 5.92 Å². The van der Waals surface area contributed by atoms with Gasteiger partial charge in [-0.1, -0.05) is 42.3 Å². The van der Waals surface area contributed by atoms with Crippen LogP contribution in [-0.4, -0.2) is 62.0 Å². The van der Waals surface area contributed by atoms with Gasteiger partial charge in [0.15, 0.2) is 9.84 Å². The fraction of sp³-hybridized carbons (Fsp3) is 0.258. The molecule has 3 amide bonds. The molecule has 224 valence electrons. The van der Waals surface area contributed by atoms with E-state index < -0.39 is 26.9 Å². The zero-order valence-corrected chi connectivity index (χ0v) is 24.3. The average Bonchev–Trinajstić information content (AvgIpc) is 3.02. The van der Waals surface area contributed by atoms with Crippen LogP contribution >= 0.6 is 0 Å². The average molecular weight is 605 g/mol. The number of aliphatic imine (C=N–C) groups is 1. The maximum atomic E-state index is 13.1. The maximum Gasteiger partial charge on any atom is 0.321 e. The summed E-state index contributed by atoms with van der Waals surface area (Å²) < 4.78 is 31.7. The lowest BCUT2D eigenvalue weighted by molar-refractivity contribution is -0.140. The van der Waals surface area contributed by atoms with Gasteiger partial charge in [-0.3, -0.25) is 10.0 Å². The smallest absolute Gasteiger partial charge is 0.321 e. The highest BCUT2D eigenvalue weighted by Gasteiger charge is 2.46. The number of nitrogens with one attached hydrogen (secondary N) is 2. The molecule has 43 heavy (non-hydrogen) atoms. The van der Waals surface area contributed by atoms with Crippen molar-refractivity contribution in [3.05, 3.63) is 84.9 Å². The van der Waals surface area contributed by atoms with Crippen molar-refractivity contribution in [3.63, 3.8) is 0 Å². The van der Waals surface area contributed by atoms with E-state index in [4.69, 9.17) is 4.74 Å². The summed E-state index contributed by atoms with van der Waals surface area (Å²) in [5, 5.41) is 12.1. The molecule has 4 rings (SSSR count). The normalized spacial score (nSPS) is 13.5. The van der Waals surface area contributed by atoms with Gasteiger partial charge < -0.3 is 15.0 Å². The van der Waals surface area contributed by atoms with Gasteiger partial charge in [-0.25, -0.2) is 23.5 Å². The van der Waals surface area contributed by atoms with Crippen molar-refractivity contribution >= 4 is 39.2 Å². The minimum Gasteiger partial charge on any atom is -0.481 e. The molecule has 12 heteroatoms. The molecule has 0 aromatic heterocycles. The van der Waals surface area contributed by atoms with Crippen molar-refractivity contribution < 1.29 is 32.7 Å². The molecule has 3 N–H and O–H groups in total. The SMILES string of the molecule is CC#CCOc1ccc(S(=O)(=O)CC2(C(=O)NO)CCN(C(=O)Nc3ccccc3)CC2)cc1.O=C=Nc1ccccc1. The first-order valence-electron chi connectivity index (χ1n) is 13.3. The number of hydroxylamine groups is 1. The zero-order valence-electron chi connectivity index (χ0n) is 23.5. The molecule has 0 atom stereocenters. The highest BCUT2D eigenvalue weighted by Crippen LogP contribution is 2.35. The molecule has 1 fully saturated rings. The van der Waals surface area contributed by atoms with Crippen molar-refractivity contribution in [2.24, 2.45) is 10.4 Å². The van der Waals surface area contributed by atoms with Crippen molar-refractivity contribution in [2.75, 3.05) is 30.8 Å². The molecular formula is C31H32N4O7S. The number of ether oxygens (including phenoxy) is 1. The number of carbonyl (C=O) groups is 2. The first-order valence-corrected chi connectivity index (χ1v) is 14.9. The van der Waals surface area contributed by atoms with Gasteiger partial charge in [0.1, 0.15) is 12.4 Å². The van der Waals surface area contributed by atoms with Crippen LogP contribution in [-0.2, 0) is 19.4 Å². The summed E-state index contributed by atoms with van der Waals surface area (Å²) in [6.07, 6.45) is 1.62. The van der Waals surface area contributed by atoms with Gasteiger partial charge in [-0.2, -0.15) is 4.99 Å². The molecule has 0 aliphatic carbocycles. The predicted octanol–water partition coefficient (Wildman–Crippen LogP) is 4.34. The Morgan fingerprint density at radius 3 is 2.14 bits per heavy atom. The number of urea groups is 1. The van der Waals surface area contributed by atoms with E-state index >= 15 is 0 Å². The van der Waals surface area contributed by atoms with Gasteiger partial charge in [0, 0.05) is 18.8 Å². The number of likely N-dealkylation sites (tertiary alicyclic amines) is 1. The van der Waals surface area contributed by atoms with E-state index in [-0.39, 0.29) is 43.5 Å². The lowest BCUT2D eigenvalue weighted by atomic mass is 9.79. The fourth-order valence-electron chi connectivity index (χ4n) is 4.35. The number of amides is 3. The molecule has 0 saturated carbocycles. The minimum absolute atomic E-state index is 0.0378. The molecule has 1 aliphatic rings. The molecule has 3 aromatic carbocycles. The number of piperidine rings is 1. The summed E-state index contributed by atoms with van der Waals surface area (Å²) >= 11 is 0. The van der Waals surface area contributed by atoms with E-state index in [0.717, 1.165) is 0 Å². The Balaban J connectivity index is 0.000000480. The number of hydrogen-bond acceptors (Lipinski definition) is 8. The molecule has 1 saturated heterocycles. The largest absolute Gasteiger partial charge is 0.481 e. The van der Waals surface area contributed by atoms with Crippen molar-refractivity contribution in [2.45, 2.75) is 24.7 Å². The fourth-order valence-corrected chi connectivity index (χ4v) is 6.22. The number of carbonyl (C=O) groups excluding carboxylic acids is 3. The Morgan fingerprint density at radius 1 is 0.977 bits per heavy atom. The van der Waals surface area contributed by atoms with Crippen LogP contribution < -0.4 is 15.5 Å². The van der Waals surface area contributed by atoms with Crippen LogP contribution in [0.1, 0.15) is 19.8 Å². The van der Waals surface area contributed by atoms with Crippen molar-refractivity contribution in [1.82, 2.24) is 10.4 Å². The van der Waals surface area contributed by atoms with Crippen LogP contribution in [0.4, 0.5) is 16.2 Å². The van der Waals surface area contributed by atoms with Gasteiger partial charge in [0.2, 0.25) is 6.08 Å². The van der Waals surface area contributed by atoms with Gasteiger partial charge in [-0.05, 0) is 68.3 Å². The Bertz CT molecular complexity index is 1570. The van der Waals surface area contributed by atoms with Gasteiger partial charge >= 0.3 is 6.03 Å². The zero-order chi connectivity index (χ0) is 31.1. The third kappa shape index (κ3) is 9.55. The van der Waals surface area contributed by atoms with Crippen LogP contribution in [0.5, 0.6) is 5.75 Å². The van der Waals surface area contributed by atoms with Crippen LogP contribution in [0, 0.1) is 17.3 Å². The number of anilines is 1. The number of sulfone groups is 1. The molecule has 0 radical (unpaired) electrons. The van der Waals surface area contributed by atoms with Crippen LogP contribution in [0.25, 0.3) is 0 Å². The number of isocyanates is 1. The molecule has 3 aromatic rings. The van der Waals surface area contributed by atoms with Crippen molar-refractivity contribution in [3.8, 4) is 17.6 Å². The number of hydrogen-bond donors (Lipinski definition) is 3. The minimum atomic E-state index is -3.88. The topological polar surface area (TPSA) is 154 Å². The van der Waals surface area contributed by atoms with E-state index in [1.807, 2.05) is 24.3 Å². The first-order chi connectivity index (χ1) is 20.7. The van der Waals surface area contributed by atoms with E-state index in [2.05, 4.69) is 22.2 Å². The summed E-state index contributed by atoms with van der Waals surface area (Å²) in [6.45, 7) is 2.20. The number of nitrogens with zero attached hydrogens (tertiary/aromatic N) is 2. The van der Waals surface area contributed by atoms with Gasteiger partial charge in [0.05, 0.1) is 21.8 Å². The number of benzene rings is 3. The highest BCUT2D eigenvalue weighted by molar-refractivity contribution is 7.91. The molecule has 0 bridgehead atoms. The number of rotatable bonds is 8. The van der Waals surface area contributed by atoms with E-state index in [0.29, 0.717) is 17.1 Å². The van der Waals surface area contributed by atoms with Crippen LogP contribution in [0.2, 0.25) is 0 Å². The second-order valence-corrected chi connectivity index (χ2v) is 11.5. The monoisotopic (exact) mass is 604 g/mol. The quantitative estimate of drug-likeness (QED) is 0.114. The van der Waals surface area contributed by atoms with E-state index in [1.54, 1.807) is 48.8 Å². The Morgan fingerprint density at radius 2 is 1.58 bits per heavy atom. The molecular weight excluding hydrogens is 572 g/mol. The predicted molar refractivity (Wildman–Crippen MR) is 160 cm³/mol. The second kappa shape index (κ2) is 15.9. The summed E-state index contributed by atoms with van der Waals surface area (Å²) in [4.78, 5) is 39.8. The van der Waals surface area contributed by atoms with Crippen molar-refractivity contribution in [1.29, 1.82) is 0 Å². The summed E-state index contributed by atoms with van der Waals surface area (Å²) in [7, 11) is -3.88. The standard InChI is InChI=1S/C24H27N3O6S.C7H5NO/c1-2-3-17-33-20-9-11-21(12-10-20)34(31,32)18-24(22(28)26-30)13-15-27(16-14-24)23(29)25-19-7-5-4-6-8-19;9-6-8-7-4-2-1-3-5-7/h4-12,30H,13-18H2,1H3,(H,25,29)(H,26,28);1-5H. The van der Waals surface area contributed by atoms with Gasteiger partial charge in [0.25, 0.3) is 5.91 Å². The number of para-hydroxylation sites is 2. The van der Waals surface area contributed by atoms with Crippen LogP contribution in [0.3, 0.4) is 0 Å². The Kier molecular flexibility index (Phi) is 12.0. The van der Waals surface area contributed by atoms with Crippen LogP contribution in [0.15, 0.2) is 94.8 Å². The third-order valence-corrected chi connectivity index (χ3v) is 8.61. The molecule has 0 spiro atoms. The molecule has 11 nitrogen and oxygen atoms in total. The Labute approximate surface area is 250 Å². The Hall–Kier alpha value is -4.95. The summed E-state index contributed by atoms with van der Waals surface area (Å²) in [5.74, 6) is 4.65. The first kappa shape index (κ1) is 32.6. The summed E-state index contributed by atoms with van der Waals surface area (Å²) in [6, 6.07) is 23.5. The lowest BCUT2D eigenvalue weighted by Crippen LogP contribution is -2.53. The lowest BCUT2D eigenvalue weighted by Gasteiger charge is -2.39. The molecule has 0 unspecified atom stereocenters.